The first-order chi connectivity index (χ1) is 50.8. The van der Waals surface area contributed by atoms with Crippen LogP contribution in [-0.2, 0) is 38.4 Å². The van der Waals surface area contributed by atoms with Gasteiger partial charge in [0.2, 0.25) is 11.5 Å². The van der Waals surface area contributed by atoms with Crippen molar-refractivity contribution in [2.45, 2.75) is 180 Å². The third-order valence-corrected chi connectivity index (χ3v) is 19.0. The van der Waals surface area contributed by atoms with Crippen molar-refractivity contribution < 1.29 is 70.5 Å². The number of aryl methyl sites for hydroxylation is 4. The number of nitrogens with two attached hydrogens (primary N) is 1. The number of ketones is 1. The highest BCUT2D eigenvalue weighted by atomic mass is 35.8. The molecule has 0 bridgehead atoms. The molecule has 24 heteroatoms. The lowest BCUT2D eigenvalue weighted by Crippen LogP contribution is -2.37. The number of nitrogen functional groups attached to an aromatic ring is 1. The molecule has 0 aliphatic heterocycles. The van der Waals surface area contributed by atoms with Crippen LogP contribution in [0.4, 0.5) is 11.4 Å². The summed E-state index contributed by atoms with van der Waals surface area (Å²) in [4.78, 5) is 56.1. The molecule has 0 spiro atoms. The number of nitrogens with zero attached hydrogens (tertiary/aromatic N) is 1. The van der Waals surface area contributed by atoms with Crippen molar-refractivity contribution in [1.29, 1.82) is 0 Å². The summed E-state index contributed by atoms with van der Waals surface area (Å²) in [5, 5.41) is 11.7. The first-order valence-corrected chi connectivity index (χ1v) is 41.5. The molecular formula is C82H104AlCl4N3O16. The van der Waals surface area contributed by atoms with Crippen LogP contribution in [0.5, 0.6) is 28.7 Å². The van der Waals surface area contributed by atoms with Gasteiger partial charge < -0.3 is 57.5 Å². The fourth-order valence-corrected chi connectivity index (χ4v) is 13.2. The maximum Gasteiger partial charge on any atom is 0.643 e. The van der Waals surface area contributed by atoms with Gasteiger partial charge in [-0.2, -0.15) is 0 Å². The molecule has 0 saturated heterocycles. The zero-order valence-electron chi connectivity index (χ0n) is 63.5. The second kappa shape index (κ2) is 46.2. The van der Waals surface area contributed by atoms with Crippen molar-refractivity contribution in [2.75, 3.05) is 67.9 Å². The van der Waals surface area contributed by atoms with E-state index >= 15 is 0 Å². The number of halogens is 4. The molecule has 3 saturated carbocycles. The second-order valence-electron chi connectivity index (χ2n) is 26.1. The topological polar surface area (TPSA) is 253 Å². The van der Waals surface area contributed by atoms with Crippen LogP contribution < -0.4 is 34.7 Å². The predicted molar refractivity (Wildman–Crippen MR) is 423 cm³/mol. The summed E-state index contributed by atoms with van der Waals surface area (Å²) in [6.07, 6.45) is 22.1. The number of benzene rings is 5. The van der Waals surface area contributed by atoms with E-state index in [2.05, 4.69) is 103 Å². The molecule has 3 N–H and O–H groups in total. The molecule has 5 aromatic carbocycles. The molecule has 106 heavy (non-hydrogen) atoms. The summed E-state index contributed by atoms with van der Waals surface area (Å²) in [6, 6.07) is 39.6. The van der Waals surface area contributed by atoms with E-state index in [1.165, 1.54) is 148 Å². The Morgan fingerprint density at radius 3 is 1.37 bits per heavy atom. The quantitative estimate of drug-likeness (QED) is 0.0180. The van der Waals surface area contributed by atoms with Crippen LogP contribution in [-0.4, -0.2) is 96.8 Å². The number of hydrogen-bond acceptors (Lipinski definition) is 17. The van der Waals surface area contributed by atoms with Gasteiger partial charge in [0, 0.05) is 42.4 Å². The SMILES string of the molecule is CCCC(=O)C1(c2ccc(C)cc2)CCCCC1.COC(=O)c1ccc(CCl)o1.COC(=O)c1ccc(Cc2cc(C3CCCCC3)ccc2C)o1.COc1cc(C)c(NC(=O)c2ccc(Cc3cc(C4CCCCC4)ccc3C)o2)c(OC)c1.COc1cc(OC)c(N)c(OC)c1.C[N+](=O)[O-].[Cl][Al]([Cl])[Cl]. The minimum atomic E-state index is -1.72. The van der Waals surface area contributed by atoms with Crippen molar-refractivity contribution in [3.8, 4) is 28.7 Å². The summed E-state index contributed by atoms with van der Waals surface area (Å²) >= 11 is 3.72. The smallest absolute Gasteiger partial charge is 0.497 e. The first kappa shape index (κ1) is 88.5. The van der Waals surface area contributed by atoms with Crippen LogP contribution in [0.3, 0.4) is 0 Å². The number of anilines is 2. The molecular weight excluding hydrogens is 1450 g/mol. The number of ether oxygens (including phenoxy) is 7. The molecule has 3 aliphatic rings. The third-order valence-electron chi connectivity index (χ3n) is 18.8. The van der Waals surface area contributed by atoms with Crippen LogP contribution in [0.1, 0.15) is 227 Å². The van der Waals surface area contributed by atoms with Gasteiger partial charge in [-0.05, 0) is 171 Å². The van der Waals surface area contributed by atoms with Gasteiger partial charge in [0.1, 0.15) is 57.5 Å². The molecule has 574 valence electrons. The van der Waals surface area contributed by atoms with Crippen LogP contribution in [0.15, 0.2) is 135 Å². The van der Waals surface area contributed by atoms with Gasteiger partial charge in [0.05, 0.1) is 66.8 Å². The lowest BCUT2D eigenvalue weighted by Gasteiger charge is -2.36. The number of hydrogen-bond donors (Lipinski definition) is 2. The van der Waals surface area contributed by atoms with Gasteiger partial charge in [0.25, 0.3) is 5.91 Å². The van der Waals surface area contributed by atoms with E-state index in [0.717, 1.165) is 49.8 Å². The van der Waals surface area contributed by atoms with E-state index in [-0.39, 0.29) is 34.5 Å². The number of carbonyl (C=O) groups is 4. The lowest BCUT2D eigenvalue weighted by atomic mass is 9.66. The number of alkyl halides is 1. The molecule has 3 fully saturated rings. The van der Waals surface area contributed by atoms with Gasteiger partial charge in [-0.1, -0.05) is 131 Å². The first-order valence-electron chi connectivity index (χ1n) is 35.7. The predicted octanol–water partition coefficient (Wildman–Crippen LogP) is 21.1. The molecule has 11 rings (SSSR count). The van der Waals surface area contributed by atoms with E-state index in [4.69, 9.17) is 94.5 Å². The molecule has 0 radical (unpaired) electrons. The molecule has 0 atom stereocenters. The Labute approximate surface area is 646 Å². The maximum atomic E-state index is 12.9. The minimum Gasteiger partial charge on any atom is -0.497 e. The fourth-order valence-electron chi connectivity index (χ4n) is 13.0. The van der Waals surface area contributed by atoms with Crippen molar-refractivity contribution in [1.82, 2.24) is 0 Å². The Hall–Kier alpha value is -8.09. The minimum absolute atomic E-state index is 0.165. The molecule has 3 aromatic heterocycles. The van der Waals surface area contributed by atoms with Crippen molar-refractivity contribution in [3.05, 3.63) is 216 Å². The summed E-state index contributed by atoms with van der Waals surface area (Å²) < 4.78 is 51.5. The number of carbonyl (C=O) groups excluding carboxylic acids is 4. The molecule has 8 aromatic rings. The highest BCUT2D eigenvalue weighted by molar-refractivity contribution is 7.54. The fraction of sp³-hybridized carbons (Fsp3) is 0.439. The zero-order valence-corrected chi connectivity index (χ0v) is 67.7. The van der Waals surface area contributed by atoms with Crippen molar-refractivity contribution in [3.63, 3.8) is 0 Å². The molecule has 0 unspecified atom stereocenters. The number of esters is 2. The Bertz CT molecular complexity index is 4010. The van der Waals surface area contributed by atoms with E-state index in [9.17, 15) is 19.2 Å². The van der Waals surface area contributed by atoms with E-state index in [1.54, 1.807) is 71.9 Å². The molecule has 19 nitrogen and oxygen atoms in total. The standard InChI is InChI=1S/C28H33NO4.C20H24O3.C17H24O.C9H13NO3.C7H7ClO3.CH3NO2.Al.3ClH/c1-18-10-11-21(20-8-6-5-7-9-20)15-22(18)16-23-12-13-25(33-23)28(30)29-27-19(2)14-24(31-3)17-26(27)32-4;1-14-8-9-16(15-6-4-3-5-7-15)12-17(14)13-18-10-11-19(23-18)20(21)22-2;1-3-7-16(18)17(12-5-4-6-13-17)15-10-8-14(2)9-11-15;1-11-6-4-7(12-2)9(10)8(5-6)13-3;1-10-7(9)6-3-2-5(4-8)11-6;1-2(3)4;;;;/h10-15,17,20H,5-9,16H2,1-4H3,(H,29,30);8-12,15H,3-7,13H2,1-2H3;8-11H,3-7,12-13H2,1-2H3;4-5H,10H2,1-3H3;2-3H,4H2,1H3;1H3;;3*1H/q;;;;;;+3;;;/p-3. The van der Waals surface area contributed by atoms with Crippen LogP contribution in [0.25, 0.3) is 0 Å². The number of methoxy groups -OCH3 is 7. The average molecular weight is 1560 g/mol. The highest BCUT2D eigenvalue weighted by Crippen LogP contribution is 2.43. The lowest BCUT2D eigenvalue weighted by molar-refractivity contribution is -0.445. The Balaban J connectivity index is 0.000000243. The summed E-state index contributed by atoms with van der Waals surface area (Å²) in [5.74, 6) is 6.73. The normalized spacial score (nSPS) is 13.6. The largest absolute Gasteiger partial charge is 0.643 e. The second-order valence-corrected chi connectivity index (χ2v) is 32.8. The van der Waals surface area contributed by atoms with Crippen LogP contribution in [0.2, 0.25) is 0 Å². The number of nitro groups is 1. The summed E-state index contributed by atoms with van der Waals surface area (Å²) in [5.41, 5.74) is 17.9. The van der Waals surface area contributed by atoms with Gasteiger partial charge >= 0.3 is 23.3 Å². The van der Waals surface area contributed by atoms with Gasteiger partial charge in [-0.3, -0.25) is 19.7 Å². The summed E-state index contributed by atoms with van der Waals surface area (Å²) in [7, 11) is 26.2. The van der Waals surface area contributed by atoms with E-state index in [1.807, 2.05) is 25.1 Å². The zero-order chi connectivity index (χ0) is 77.9. The number of amides is 1. The van der Waals surface area contributed by atoms with E-state index in [0.29, 0.717) is 76.3 Å². The van der Waals surface area contributed by atoms with Gasteiger partial charge in [-0.25, -0.2) is 39.7 Å². The molecule has 3 heterocycles. The number of Topliss-reactive ketones (excluding diaryl/α,β-unsaturated/α-hetero) is 1. The Morgan fingerprint density at radius 2 is 0.953 bits per heavy atom. The number of furan rings is 3. The van der Waals surface area contributed by atoms with Crippen LogP contribution >= 0.6 is 41.7 Å². The molecule has 1 amide bonds. The van der Waals surface area contributed by atoms with E-state index < -0.39 is 28.2 Å². The summed E-state index contributed by atoms with van der Waals surface area (Å²) in [6.45, 7) is 10.4. The average Bonchev–Trinajstić information content (AvgIpc) is 1.12. The van der Waals surface area contributed by atoms with Crippen LogP contribution in [0, 0.1) is 37.8 Å². The maximum absolute atomic E-state index is 12.9. The number of rotatable bonds is 20. The van der Waals surface area contributed by atoms with Crippen molar-refractivity contribution in [2.24, 2.45) is 0 Å². The Morgan fingerprint density at radius 1 is 0.547 bits per heavy atom. The van der Waals surface area contributed by atoms with Gasteiger partial charge in [0.15, 0.2) is 12.8 Å². The molecule has 3 aliphatic carbocycles. The van der Waals surface area contributed by atoms with Crippen molar-refractivity contribution >= 4 is 88.1 Å². The number of nitrogens with one attached hydrogen (secondary N) is 1. The Kier molecular flexibility index (Phi) is 38.6. The third kappa shape index (κ3) is 27.9. The monoisotopic (exact) mass is 1550 g/mol. The highest BCUT2D eigenvalue weighted by Gasteiger charge is 2.40. The van der Waals surface area contributed by atoms with Gasteiger partial charge in [-0.15, -0.1) is 11.6 Å².